The molecule has 0 spiro atoms. The first-order chi connectivity index (χ1) is 16.3. The number of methoxy groups -OCH3 is 3. The van der Waals surface area contributed by atoms with Gasteiger partial charge in [-0.05, 0) is 31.2 Å². The fourth-order valence-electron chi connectivity index (χ4n) is 4.71. The van der Waals surface area contributed by atoms with Crippen molar-refractivity contribution in [3.63, 3.8) is 0 Å². The summed E-state index contributed by atoms with van der Waals surface area (Å²) in [6.45, 7) is 2.05. The number of cyclic esters (lactones) is 1. The smallest absolute Gasteiger partial charge is 0.343 e. The van der Waals surface area contributed by atoms with E-state index in [-0.39, 0.29) is 12.8 Å². The standard InChI is InChI=1S/C22H23NO7.C2H4O2/c1-23-8-7-11-9-14-20(29-10-28-14)21(27-4)15(11)17(23)18-12-5-6-13(25-2)19(26-3)16(12)22(24)30-18;1-2(3)4/h5-6,9,17-18H,7-8,10H2,1-4H3;1H3,(H,3,4)/t17-,18+;/m1./s1. The van der Waals surface area contributed by atoms with Crippen molar-refractivity contribution < 1.29 is 43.1 Å². The number of ether oxygens (including phenoxy) is 6. The van der Waals surface area contributed by atoms with Gasteiger partial charge >= 0.3 is 5.97 Å². The third-order valence-electron chi connectivity index (χ3n) is 6.06. The molecule has 34 heavy (non-hydrogen) atoms. The van der Waals surface area contributed by atoms with Gasteiger partial charge in [0.2, 0.25) is 12.5 Å². The molecule has 182 valence electrons. The highest BCUT2D eigenvalue weighted by Gasteiger charge is 2.46. The predicted octanol–water partition coefficient (Wildman–Crippen LogP) is 2.97. The van der Waals surface area contributed by atoms with Gasteiger partial charge in [-0.15, -0.1) is 0 Å². The molecule has 0 saturated heterocycles. The predicted molar refractivity (Wildman–Crippen MR) is 119 cm³/mol. The van der Waals surface area contributed by atoms with Gasteiger partial charge in [-0.25, -0.2) is 4.79 Å². The second kappa shape index (κ2) is 9.30. The summed E-state index contributed by atoms with van der Waals surface area (Å²) < 4.78 is 33.8. The third-order valence-corrected chi connectivity index (χ3v) is 6.06. The van der Waals surface area contributed by atoms with E-state index >= 15 is 0 Å². The van der Waals surface area contributed by atoms with Crippen LogP contribution >= 0.6 is 0 Å². The van der Waals surface area contributed by atoms with Gasteiger partial charge < -0.3 is 33.5 Å². The highest BCUT2D eigenvalue weighted by Crippen LogP contribution is 2.55. The summed E-state index contributed by atoms with van der Waals surface area (Å²) in [4.78, 5) is 24.1. The fourth-order valence-corrected chi connectivity index (χ4v) is 4.71. The number of carboxylic acids is 1. The lowest BCUT2D eigenvalue weighted by Gasteiger charge is -2.38. The van der Waals surface area contributed by atoms with Crippen molar-refractivity contribution in [2.24, 2.45) is 0 Å². The summed E-state index contributed by atoms with van der Waals surface area (Å²) in [6.07, 6.45) is 0.306. The van der Waals surface area contributed by atoms with Crippen LogP contribution in [-0.4, -0.2) is 63.7 Å². The second-order valence-corrected chi connectivity index (χ2v) is 8.00. The zero-order chi connectivity index (χ0) is 24.6. The molecule has 3 aliphatic rings. The van der Waals surface area contributed by atoms with Crippen molar-refractivity contribution in [1.29, 1.82) is 0 Å². The first-order valence-electron chi connectivity index (χ1n) is 10.7. The van der Waals surface area contributed by atoms with Crippen LogP contribution < -0.4 is 23.7 Å². The van der Waals surface area contributed by atoms with Crippen molar-refractivity contribution in [3.05, 3.63) is 40.5 Å². The van der Waals surface area contributed by atoms with Crippen molar-refractivity contribution in [3.8, 4) is 28.7 Å². The highest BCUT2D eigenvalue weighted by molar-refractivity contribution is 5.98. The number of esters is 1. The molecule has 0 saturated carbocycles. The molecule has 0 radical (unpaired) electrons. The lowest BCUT2D eigenvalue weighted by Crippen LogP contribution is -2.36. The average molecular weight is 473 g/mol. The molecule has 0 amide bonds. The van der Waals surface area contributed by atoms with Crippen LogP contribution in [0, 0.1) is 0 Å². The molecule has 10 heteroatoms. The van der Waals surface area contributed by atoms with E-state index in [4.69, 9.17) is 38.3 Å². The minimum atomic E-state index is -0.833. The first-order valence-corrected chi connectivity index (χ1v) is 10.7. The number of aliphatic carboxylic acids is 1. The number of benzene rings is 2. The van der Waals surface area contributed by atoms with E-state index in [1.165, 1.54) is 7.11 Å². The van der Waals surface area contributed by atoms with Crippen LogP contribution in [0.15, 0.2) is 18.2 Å². The van der Waals surface area contributed by atoms with Gasteiger partial charge in [-0.2, -0.15) is 0 Å². The highest BCUT2D eigenvalue weighted by atomic mass is 16.7. The summed E-state index contributed by atoms with van der Waals surface area (Å²) in [5.74, 6) is 1.52. The molecule has 3 aliphatic heterocycles. The number of carbonyl (C=O) groups excluding carboxylic acids is 1. The maximum atomic E-state index is 12.9. The Morgan fingerprint density at radius 1 is 1.12 bits per heavy atom. The molecule has 3 heterocycles. The molecule has 1 N–H and O–H groups in total. The summed E-state index contributed by atoms with van der Waals surface area (Å²) in [5.41, 5.74) is 3.23. The van der Waals surface area contributed by atoms with E-state index in [9.17, 15) is 4.79 Å². The monoisotopic (exact) mass is 473 g/mol. The SMILES string of the molecule is CC(=O)O.COc1ccc2c(c1OC)C(=O)O[C@@H]2[C@H]1c2c(cc3c(c2OC)OCO3)CCN1C. The van der Waals surface area contributed by atoms with Crippen LogP contribution in [0.5, 0.6) is 28.7 Å². The van der Waals surface area contributed by atoms with Crippen molar-refractivity contribution in [2.45, 2.75) is 25.5 Å². The summed E-state index contributed by atoms with van der Waals surface area (Å²) in [7, 11) is 6.70. The van der Waals surface area contributed by atoms with Crippen molar-refractivity contribution >= 4 is 11.9 Å². The topological polar surface area (TPSA) is 113 Å². The Balaban J connectivity index is 0.000000636. The largest absolute Gasteiger partial charge is 0.493 e. The van der Waals surface area contributed by atoms with Crippen LogP contribution in [0.1, 0.15) is 46.1 Å². The molecular formula is C24H27NO9. The number of likely N-dealkylation sites (N-methyl/N-ethyl adjacent to an activating group) is 1. The number of carboxylic acid groups (broad SMARTS) is 1. The van der Waals surface area contributed by atoms with Gasteiger partial charge in [0, 0.05) is 24.6 Å². The van der Waals surface area contributed by atoms with Crippen molar-refractivity contribution in [1.82, 2.24) is 4.90 Å². The maximum absolute atomic E-state index is 12.9. The van der Waals surface area contributed by atoms with Crippen LogP contribution in [0.4, 0.5) is 0 Å². The Labute approximate surface area is 196 Å². The normalized spacial score (nSPS) is 19.9. The molecule has 0 fully saturated rings. The fraction of sp³-hybridized carbons (Fsp3) is 0.417. The molecule has 2 atom stereocenters. The van der Waals surface area contributed by atoms with Gasteiger partial charge in [0.1, 0.15) is 11.7 Å². The van der Waals surface area contributed by atoms with Crippen LogP contribution in [0.25, 0.3) is 0 Å². The zero-order valence-electron chi connectivity index (χ0n) is 19.7. The van der Waals surface area contributed by atoms with Crippen LogP contribution in [0.3, 0.4) is 0 Å². The van der Waals surface area contributed by atoms with Gasteiger partial charge in [0.05, 0.1) is 27.4 Å². The van der Waals surface area contributed by atoms with E-state index in [0.29, 0.717) is 34.3 Å². The van der Waals surface area contributed by atoms with E-state index in [0.717, 1.165) is 36.6 Å². The Morgan fingerprint density at radius 3 is 2.47 bits per heavy atom. The Morgan fingerprint density at radius 2 is 1.82 bits per heavy atom. The molecule has 0 bridgehead atoms. The molecule has 10 nitrogen and oxygen atoms in total. The molecule has 0 aromatic heterocycles. The number of nitrogens with zero attached hydrogens (tertiary/aromatic N) is 1. The van der Waals surface area contributed by atoms with Gasteiger partial charge in [-0.3, -0.25) is 9.69 Å². The molecular weight excluding hydrogens is 446 g/mol. The van der Waals surface area contributed by atoms with E-state index in [1.807, 2.05) is 19.2 Å². The second-order valence-electron chi connectivity index (χ2n) is 8.00. The van der Waals surface area contributed by atoms with Gasteiger partial charge in [-0.1, -0.05) is 6.07 Å². The zero-order valence-corrected chi connectivity index (χ0v) is 19.7. The number of rotatable bonds is 4. The summed E-state index contributed by atoms with van der Waals surface area (Å²) in [5, 5.41) is 7.42. The number of fused-ring (bicyclic) bond motifs is 3. The number of carbonyl (C=O) groups is 2. The quantitative estimate of drug-likeness (QED) is 0.665. The van der Waals surface area contributed by atoms with Crippen LogP contribution in [-0.2, 0) is 16.0 Å². The Hall–Kier alpha value is -3.66. The maximum Gasteiger partial charge on any atom is 0.343 e. The Kier molecular flexibility index (Phi) is 6.43. The summed E-state index contributed by atoms with van der Waals surface area (Å²) in [6, 6.07) is 5.43. The molecule has 0 unspecified atom stereocenters. The molecule has 2 aromatic carbocycles. The first kappa shape index (κ1) is 23.5. The third kappa shape index (κ3) is 3.83. The minimum absolute atomic E-state index is 0.160. The van der Waals surface area contributed by atoms with E-state index < -0.39 is 18.0 Å². The van der Waals surface area contributed by atoms with Crippen molar-refractivity contribution in [2.75, 3.05) is 41.7 Å². The number of hydrogen-bond acceptors (Lipinski definition) is 9. The van der Waals surface area contributed by atoms with Gasteiger partial charge in [0.25, 0.3) is 5.97 Å². The van der Waals surface area contributed by atoms with Crippen LogP contribution in [0.2, 0.25) is 0 Å². The molecule has 5 rings (SSSR count). The number of hydrogen-bond donors (Lipinski definition) is 1. The lowest BCUT2D eigenvalue weighted by molar-refractivity contribution is -0.134. The van der Waals surface area contributed by atoms with Gasteiger partial charge in [0.15, 0.2) is 23.0 Å². The minimum Gasteiger partial charge on any atom is -0.493 e. The van der Waals surface area contributed by atoms with E-state index in [1.54, 1.807) is 20.3 Å². The molecule has 0 aliphatic carbocycles. The Bertz CT molecular complexity index is 1130. The average Bonchev–Trinajstić information content (AvgIpc) is 3.41. The van der Waals surface area contributed by atoms with E-state index in [2.05, 4.69) is 4.90 Å². The lowest BCUT2D eigenvalue weighted by atomic mass is 9.85. The molecule has 2 aromatic rings. The summed E-state index contributed by atoms with van der Waals surface area (Å²) >= 11 is 0.